The van der Waals surface area contributed by atoms with E-state index in [9.17, 15) is 0 Å². The van der Waals surface area contributed by atoms with Crippen LogP contribution in [0, 0.1) is 11.5 Å². The molecule has 1 aromatic rings. The normalized spacial score (nSPS) is 11.9. The van der Waals surface area contributed by atoms with E-state index in [-0.39, 0.29) is 0 Å². The molecule has 0 atom stereocenters. The second-order valence-electron chi connectivity index (χ2n) is 6.21. The Morgan fingerprint density at radius 3 is 2.00 bits per heavy atom. The lowest BCUT2D eigenvalue weighted by Gasteiger charge is -2.38. The Morgan fingerprint density at radius 2 is 1.55 bits per heavy atom. The molecule has 0 saturated heterocycles. The molecule has 0 unspecified atom stereocenters. The van der Waals surface area contributed by atoms with Gasteiger partial charge in [0.2, 0.25) is 0 Å². The van der Waals surface area contributed by atoms with Crippen molar-refractivity contribution in [2.24, 2.45) is 0 Å². The molecule has 0 aliphatic carbocycles. The van der Waals surface area contributed by atoms with E-state index in [1.54, 1.807) is 6.07 Å². The third kappa shape index (κ3) is 3.45. The molecule has 1 rings (SSSR count). The van der Waals surface area contributed by atoms with Gasteiger partial charge in [-0.05, 0) is 44.7 Å². The van der Waals surface area contributed by atoms with E-state index in [0.717, 1.165) is 10.2 Å². The molecule has 2 N–H and O–H groups in total. The minimum absolute atomic E-state index is 0.517. The Hall–Kier alpha value is -0.793. The van der Waals surface area contributed by atoms with Crippen LogP contribution < -0.4 is 5.73 Å². The third-order valence-corrected chi connectivity index (χ3v) is 11.1. The van der Waals surface area contributed by atoms with Crippen LogP contribution in [0.25, 0.3) is 0 Å². The number of aromatic nitrogens is 1. The summed E-state index contributed by atoms with van der Waals surface area (Å²) in [6, 6.07) is 3.70. The van der Waals surface area contributed by atoms with E-state index in [4.69, 9.17) is 5.73 Å². The van der Waals surface area contributed by atoms with Gasteiger partial charge in [0.05, 0.1) is 4.47 Å². The highest BCUT2D eigenvalue weighted by Gasteiger charge is 2.41. The molecular weight excluding hydrogens is 328 g/mol. The maximum atomic E-state index is 5.76. The number of anilines is 1. The van der Waals surface area contributed by atoms with Crippen molar-refractivity contribution in [3.63, 3.8) is 0 Å². The van der Waals surface area contributed by atoms with Gasteiger partial charge in [0.25, 0.3) is 0 Å². The minimum Gasteiger partial charge on any atom is -0.384 e. The Bertz CT molecular complexity index is 505. The van der Waals surface area contributed by atoms with Crippen molar-refractivity contribution in [3.8, 4) is 11.5 Å². The number of nitrogen functional groups attached to an aromatic ring is 1. The lowest BCUT2D eigenvalue weighted by molar-refractivity contribution is 0.838. The lowest BCUT2D eigenvalue weighted by atomic mass is 10.3. The van der Waals surface area contributed by atoms with Gasteiger partial charge in [-0.25, -0.2) is 4.98 Å². The second-order valence-corrected chi connectivity index (χ2v) is 12.6. The Labute approximate surface area is 132 Å². The van der Waals surface area contributed by atoms with Crippen molar-refractivity contribution in [2.45, 2.75) is 58.2 Å². The molecule has 0 fully saturated rings. The fourth-order valence-electron chi connectivity index (χ4n) is 3.15. The second kappa shape index (κ2) is 6.78. The van der Waals surface area contributed by atoms with Gasteiger partial charge in [-0.15, -0.1) is 5.54 Å². The third-order valence-electron chi connectivity index (χ3n) is 4.13. The number of rotatable bonds is 3. The first-order chi connectivity index (χ1) is 9.21. The van der Waals surface area contributed by atoms with Gasteiger partial charge in [-0.1, -0.05) is 47.5 Å². The smallest absolute Gasteiger partial charge is 0.146 e. The maximum absolute atomic E-state index is 5.76. The van der Waals surface area contributed by atoms with Gasteiger partial charge in [0.15, 0.2) is 0 Å². The summed E-state index contributed by atoms with van der Waals surface area (Å²) in [6.07, 6.45) is 0. The van der Waals surface area contributed by atoms with Crippen molar-refractivity contribution < 1.29 is 0 Å². The standard InChI is InChI=1S/C16H25BrN2Si/c1-11(2)20(12(3)4,13(5)6)10-9-15-14(17)7-8-16(18)19-15/h7-8,11-13H,1-6H3,(H2,18,19). The zero-order valence-electron chi connectivity index (χ0n) is 13.3. The summed E-state index contributed by atoms with van der Waals surface area (Å²) in [5.74, 6) is 3.83. The molecule has 0 aliphatic heterocycles. The van der Waals surface area contributed by atoms with Crippen LogP contribution in [0.15, 0.2) is 16.6 Å². The topological polar surface area (TPSA) is 38.9 Å². The van der Waals surface area contributed by atoms with E-state index in [1.165, 1.54) is 0 Å². The SMILES string of the molecule is CC(C)[Si](C#Cc1nc(N)ccc1Br)(C(C)C)C(C)C. The summed E-state index contributed by atoms with van der Waals surface area (Å²) >= 11 is 3.50. The summed E-state index contributed by atoms with van der Waals surface area (Å²) in [5.41, 5.74) is 12.0. The van der Waals surface area contributed by atoms with Crippen LogP contribution >= 0.6 is 15.9 Å². The molecule has 20 heavy (non-hydrogen) atoms. The van der Waals surface area contributed by atoms with E-state index >= 15 is 0 Å². The van der Waals surface area contributed by atoms with Gasteiger partial charge >= 0.3 is 0 Å². The molecule has 1 heterocycles. The van der Waals surface area contributed by atoms with Gasteiger partial charge < -0.3 is 5.73 Å². The summed E-state index contributed by atoms with van der Waals surface area (Å²) in [6.45, 7) is 13.8. The zero-order valence-corrected chi connectivity index (χ0v) is 15.9. The van der Waals surface area contributed by atoms with Crippen LogP contribution in [0.1, 0.15) is 47.2 Å². The fourth-order valence-corrected chi connectivity index (χ4v) is 8.67. The molecule has 0 aromatic carbocycles. The fraction of sp³-hybridized carbons (Fsp3) is 0.562. The Morgan fingerprint density at radius 1 is 1.05 bits per heavy atom. The minimum atomic E-state index is -1.71. The summed E-state index contributed by atoms with van der Waals surface area (Å²) in [5, 5.41) is 0. The van der Waals surface area contributed by atoms with Crippen molar-refractivity contribution in [1.29, 1.82) is 0 Å². The number of pyridine rings is 1. The predicted octanol–water partition coefficient (Wildman–Crippen LogP) is 5.00. The summed E-state index contributed by atoms with van der Waals surface area (Å²) in [4.78, 5) is 4.33. The highest BCUT2D eigenvalue weighted by molar-refractivity contribution is 9.10. The average molecular weight is 353 g/mol. The van der Waals surface area contributed by atoms with Gasteiger partial charge in [-0.2, -0.15) is 0 Å². The molecule has 4 heteroatoms. The zero-order chi connectivity index (χ0) is 15.5. The number of halogens is 1. The van der Waals surface area contributed by atoms with E-state index in [1.807, 2.05) is 6.07 Å². The van der Waals surface area contributed by atoms with Gasteiger partial charge in [0, 0.05) is 0 Å². The molecule has 0 amide bonds. The molecule has 1 aromatic heterocycles. The van der Waals surface area contributed by atoms with Crippen LogP contribution in [-0.2, 0) is 0 Å². The van der Waals surface area contributed by atoms with Crippen LogP contribution in [-0.4, -0.2) is 13.1 Å². The molecule has 0 aliphatic rings. The maximum Gasteiger partial charge on any atom is 0.146 e. The summed E-state index contributed by atoms with van der Waals surface area (Å²) < 4.78 is 0.915. The van der Waals surface area contributed by atoms with Crippen LogP contribution in [0.4, 0.5) is 5.82 Å². The number of hydrogen-bond acceptors (Lipinski definition) is 2. The molecule has 0 bridgehead atoms. The average Bonchev–Trinajstić information content (AvgIpc) is 2.32. The molecule has 2 nitrogen and oxygen atoms in total. The number of nitrogens with two attached hydrogens (primary N) is 1. The lowest BCUT2D eigenvalue weighted by Crippen LogP contribution is -2.43. The van der Waals surface area contributed by atoms with E-state index < -0.39 is 8.07 Å². The van der Waals surface area contributed by atoms with E-state index in [0.29, 0.717) is 22.4 Å². The summed E-state index contributed by atoms with van der Waals surface area (Å²) in [7, 11) is -1.71. The van der Waals surface area contributed by atoms with Crippen molar-refractivity contribution >= 4 is 29.8 Å². The first-order valence-corrected chi connectivity index (χ1v) is 10.2. The number of nitrogens with zero attached hydrogens (tertiary/aromatic N) is 1. The highest BCUT2D eigenvalue weighted by atomic mass is 79.9. The van der Waals surface area contributed by atoms with E-state index in [2.05, 4.69) is 73.9 Å². The van der Waals surface area contributed by atoms with Crippen molar-refractivity contribution in [1.82, 2.24) is 4.98 Å². The van der Waals surface area contributed by atoms with Crippen LogP contribution in [0.3, 0.4) is 0 Å². The predicted molar refractivity (Wildman–Crippen MR) is 94.3 cm³/mol. The number of hydrogen-bond donors (Lipinski definition) is 1. The Balaban J connectivity index is 3.34. The van der Waals surface area contributed by atoms with Crippen molar-refractivity contribution in [2.75, 3.05) is 5.73 Å². The van der Waals surface area contributed by atoms with Crippen molar-refractivity contribution in [3.05, 3.63) is 22.3 Å². The van der Waals surface area contributed by atoms with Crippen LogP contribution in [0.2, 0.25) is 16.6 Å². The largest absolute Gasteiger partial charge is 0.384 e. The molecule has 0 saturated carbocycles. The first-order valence-electron chi connectivity index (χ1n) is 7.17. The first kappa shape index (κ1) is 17.3. The molecule has 0 spiro atoms. The van der Waals surface area contributed by atoms with Gasteiger partial charge in [0.1, 0.15) is 19.6 Å². The van der Waals surface area contributed by atoms with Crippen LogP contribution in [0.5, 0.6) is 0 Å². The van der Waals surface area contributed by atoms with Gasteiger partial charge in [-0.3, -0.25) is 0 Å². The quantitative estimate of drug-likeness (QED) is 0.614. The monoisotopic (exact) mass is 352 g/mol. The molecule has 0 radical (unpaired) electrons. The molecular formula is C16H25BrN2Si. The molecule has 110 valence electrons. The Kier molecular flexibility index (Phi) is 5.85. The highest BCUT2D eigenvalue weighted by Crippen LogP contribution is 2.40.